The van der Waals surface area contributed by atoms with Crippen LogP contribution in [0.5, 0.6) is 17.2 Å². The van der Waals surface area contributed by atoms with Crippen molar-refractivity contribution in [3.05, 3.63) is 83.3 Å². The minimum Gasteiger partial charge on any atom is -0.493 e. The van der Waals surface area contributed by atoms with Gasteiger partial charge < -0.3 is 28.4 Å². The van der Waals surface area contributed by atoms with Crippen molar-refractivity contribution in [2.75, 3.05) is 26.6 Å². The molecular weight excluding hydrogens is 462 g/mol. The summed E-state index contributed by atoms with van der Waals surface area (Å²) in [7, 11) is 4.59. The Hall–Kier alpha value is -4.72. The van der Waals surface area contributed by atoms with Crippen LogP contribution in [0.4, 0.5) is 5.69 Å². The van der Waals surface area contributed by atoms with Crippen LogP contribution in [0.15, 0.2) is 69.5 Å². The molecule has 0 aliphatic heterocycles. The number of aryl methyl sites for hydroxylation is 1. The summed E-state index contributed by atoms with van der Waals surface area (Å²) in [5.41, 5.74) is 2.64. The number of furan rings is 2. The number of carbonyl (C=O) groups excluding carboxylic acids is 2. The van der Waals surface area contributed by atoms with Crippen molar-refractivity contribution in [1.82, 2.24) is 0 Å². The van der Waals surface area contributed by atoms with E-state index in [2.05, 4.69) is 5.32 Å². The monoisotopic (exact) mass is 485 g/mol. The fourth-order valence-corrected chi connectivity index (χ4v) is 4.13. The Balaban J connectivity index is 1.43. The van der Waals surface area contributed by atoms with Gasteiger partial charge >= 0.3 is 0 Å². The smallest absolute Gasteiger partial charge is 0.291 e. The van der Waals surface area contributed by atoms with Crippen LogP contribution in [0.25, 0.3) is 21.9 Å². The van der Waals surface area contributed by atoms with Gasteiger partial charge in [-0.05, 0) is 55.5 Å². The summed E-state index contributed by atoms with van der Waals surface area (Å²) in [5, 5.41) is 4.32. The Morgan fingerprint density at radius 3 is 2.33 bits per heavy atom. The van der Waals surface area contributed by atoms with Crippen LogP contribution in [0, 0.1) is 6.92 Å². The number of para-hydroxylation sites is 1. The van der Waals surface area contributed by atoms with Crippen molar-refractivity contribution >= 4 is 39.3 Å². The highest BCUT2D eigenvalue weighted by Gasteiger charge is 2.22. The third-order valence-electron chi connectivity index (χ3n) is 6.00. The molecule has 0 bridgehead atoms. The van der Waals surface area contributed by atoms with Crippen molar-refractivity contribution < 1.29 is 32.6 Å². The number of nitrogens with one attached hydrogen (secondary N) is 1. The van der Waals surface area contributed by atoms with Gasteiger partial charge in [-0.15, -0.1) is 0 Å². The van der Waals surface area contributed by atoms with Crippen LogP contribution in [-0.4, -0.2) is 33.0 Å². The summed E-state index contributed by atoms with van der Waals surface area (Å²) in [6, 6.07) is 17.2. The van der Waals surface area contributed by atoms with E-state index in [9.17, 15) is 9.59 Å². The summed E-state index contributed by atoms with van der Waals surface area (Å²) in [6.45, 7) is 1.80. The normalized spacial score (nSPS) is 11.0. The summed E-state index contributed by atoms with van der Waals surface area (Å²) < 4.78 is 27.5. The molecule has 0 aliphatic carbocycles. The van der Waals surface area contributed by atoms with Gasteiger partial charge in [0.1, 0.15) is 5.58 Å². The van der Waals surface area contributed by atoms with E-state index in [0.29, 0.717) is 50.6 Å². The van der Waals surface area contributed by atoms with E-state index in [1.807, 2.05) is 12.1 Å². The lowest BCUT2D eigenvalue weighted by Crippen LogP contribution is -2.10. The first-order valence-corrected chi connectivity index (χ1v) is 11.1. The number of fused-ring (bicyclic) bond motifs is 2. The molecule has 0 aliphatic rings. The van der Waals surface area contributed by atoms with Crippen LogP contribution >= 0.6 is 0 Å². The maximum absolute atomic E-state index is 13.2. The maximum Gasteiger partial charge on any atom is 0.291 e. The van der Waals surface area contributed by atoms with E-state index in [-0.39, 0.29) is 17.3 Å². The second-order valence-corrected chi connectivity index (χ2v) is 8.11. The van der Waals surface area contributed by atoms with Gasteiger partial charge in [0, 0.05) is 27.6 Å². The lowest BCUT2D eigenvalue weighted by Gasteiger charge is -2.08. The minimum absolute atomic E-state index is 0.155. The molecule has 8 heteroatoms. The number of anilines is 1. The molecule has 0 spiro atoms. The largest absolute Gasteiger partial charge is 0.493 e. The highest BCUT2D eigenvalue weighted by molar-refractivity contribution is 6.11. The Morgan fingerprint density at radius 1 is 0.806 bits per heavy atom. The van der Waals surface area contributed by atoms with Gasteiger partial charge in [0.15, 0.2) is 34.4 Å². The molecule has 3 aromatic carbocycles. The molecule has 36 heavy (non-hydrogen) atoms. The number of hydrogen-bond acceptors (Lipinski definition) is 7. The van der Waals surface area contributed by atoms with Crippen LogP contribution in [0.1, 0.15) is 32.2 Å². The van der Waals surface area contributed by atoms with E-state index >= 15 is 0 Å². The maximum atomic E-state index is 13.2. The zero-order valence-electron chi connectivity index (χ0n) is 20.1. The van der Waals surface area contributed by atoms with Gasteiger partial charge in [0.05, 0.1) is 21.3 Å². The highest BCUT2D eigenvalue weighted by Crippen LogP contribution is 2.33. The number of benzene rings is 3. The zero-order valence-corrected chi connectivity index (χ0v) is 20.1. The van der Waals surface area contributed by atoms with Crippen molar-refractivity contribution in [2.45, 2.75) is 6.92 Å². The summed E-state index contributed by atoms with van der Waals surface area (Å²) in [6.07, 6.45) is 0. The fraction of sp³-hybridized carbons (Fsp3) is 0.143. The lowest BCUT2D eigenvalue weighted by molar-refractivity contribution is 0.0995. The molecule has 0 atom stereocenters. The third-order valence-corrected chi connectivity index (χ3v) is 6.00. The number of ketones is 1. The minimum atomic E-state index is -0.407. The number of carbonyl (C=O) groups is 2. The van der Waals surface area contributed by atoms with Gasteiger partial charge in [-0.1, -0.05) is 12.1 Å². The zero-order chi connectivity index (χ0) is 25.4. The molecule has 2 aromatic heterocycles. The second kappa shape index (κ2) is 9.14. The first-order chi connectivity index (χ1) is 17.4. The highest BCUT2D eigenvalue weighted by atomic mass is 16.5. The van der Waals surface area contributed by atoms with Crippen LogP contribution < -0.4 is 19.5 Å². The topological polar surface area (TPSA) is 100 Å². The molecule has 0 fully saturated rings. The van der Waals surface area contributed by atoms with Crippen LogP contribution in [-0.2, 0) is 0 Å². The molecule has 0 saturated heterocycles. The van der Waals surface area contributed by atoms with E-state index in [1.165, 1.54) is 14.2 Å². The molecule has 1 N–H and O–H groups in total. The quantitative estimate of drug-likeness (QED) is 0.282. The van der Waals surface area contributed by atoms with Gasteiger partial charge in [-0.3, -0.25) is 9.59 Å². The van der Waals surface area contributed by atoms with Crippen molar-refractivity contribution in [3.8, 4) is 17.2 Å². The van der Waals surface area contributed by atoms with Crippen LogP contribution in [0.2, 0.25) is 0 Å². The standard InChI is InChI=1S/C28H23NO7/c1-15-19-14-18(29-28(31)24-13-17-6-5-7-22(33-3)27(17)36-24)9-11-20(19)35-26(15)25(30)16-8-10-21(32-2)23(12-16)34-4/h5-14H,1-4H3,(H,29,31). The summed E-state index contributed by atoms with van der Waals surface area (Å²) >= 11 is 0. The fourth-order valence-electron chi connectivity index (χ4n) is 4.13. The number of rotatable bonds is 7. The van der Waals surface area contributed by atoms with Crippen molar-refractivity contribution in [2.24, 2.45) is 0 Å². The first-order valence-electron chi connectivity index (χ1n) is 11.1. The number of ether oxygens (including phenoxy) is 3. The number of hydrogen-bond donors (Lipinski definition) is 1. The molecular formula is C28H23NO7. The van der Waals surface area contributed by atoms with E-state index < -0.39 is 5.91 Å². The van der Waals surface area contributed by atoms with Gasteiger partial charge in [-0.2, -0.15) is 0 Å². The van der Waals surface area contributed by atoms with Crippen molar-refractivity contribution in [1.29, 1.82) is 0 Å². The predicted molar refractivity (Wildman–Crippen MR) is 135 cm³/mol. The Kier molecular flexibility index (Phi) is 5.85. The second-order valence-electron chi connectivity index (χ2n) is 8.11. The Bertz CT molecular complexity index is 1630. The summed E-state index contributed by atoms with van der Waals surface area (Å²) in [5.74, 6) is 1.20. The molecule has 0 radical (unpaired) electrons. The van der Waals surface area contributed by atoms with E-state index in [4.69, 9.17) is 23.0 Å². The van der Waals surface area contributed by atoms with Crippen molar-refractivity contribution in [3.63, 3.8) is 0 Å². The summed E-state index contributed by atoms with van der Waals surface area (Å²) in [4.78, 5) is 26.1. The SMILES string of the molecule is COc1ccc(C(=O)c2oc3ccc(NC(=O)c4cc5cccc(OC)c5o4)cc3c2C)cc1OC. The molecule has 2 heterocycles. The molecule has 5 rings (SSSR count). The first kappa shape index (κ1) is 23.0. The molecule has 5 aromatic rings. The van der Waals surface area contributed by atoms with E-state index in [1.54, 1.807) is 62.6 Å². The molecule has 0 unspecified atom stereocenters. The average Bonchev–Trinajstić information content (AvgIpc) is 3.49. The number of methoxy groups -OCH3 is 3. The Labute approximate surface area is 206 Å². The van der Waals surface area contributed by atoms with Gasteiger partial charge in [-0.25, -0.2) is 0 Å². The molecule has 8 nitrogen and oxygen atoms in total. The van der Waals surface area contributed by atoms with E-state index in [0.717, 1.165) is 5.39 Å². The van der Waals surface area contributed by atoms with Gasteiger partial charge in [0.2, 0.25) is 5.78 Å². The number of amides is 1. The lowest BCUT2D eigenvalue weighted by atomic mass is 10.0. The Morgan fingerprint density at radius 2 is 1.58 bits per heavy atom. The molecule has 0 saturated carbocycles. The van der Waals surface area contributed by atoms with Gasteiger partial charge in [0.25, 0.3) is 5.91 Å². The average molecular weight is 485 g/mol. The van der Waals surface area contributed by atoms with Crippen LogP contribution in [0.3, 0.4) is 0 Å². The molecule has 182 valence electrons. The third kappa shape index (κ3) is 3.92. The predicted octanol–water partition coefficient (Wildman–Crippen LogP) is 6.00. The molecule has 1 amide bonds.